The van der Waals surface area contributed by atoms with Gasteiger partial charge in [-0.2, -0.15) is 17.6 Å². The van der Waals surface area contributed by atoms with Gasteiger partial charge < -0.3 is 20.9 Å². The van der Waals surface area contributed by atoms with E-state index in [0.717, 1.165) is 12.1 Å². The van der Waals surface area contributed by atoms with Crippen molar-refractivity contribution in [3.63, 3.8) is 0 Å². The lowest BCUT2D eigenvalue weighted by Gasteiger charge is -2.38. The van der Waals surface area contributed by atoms with Crippen LogP contribution in [0, 0.1) is 5.82 Å². The van der Waals surface area contributed by atoms with Gasteiger partial charge in [0.1, 0.15) is 12.4 Å². The summed E-state index contributed by atoms with van der Waals surface area (Å²) < 4.78 is 53.8. The maximum Gasteiger partial charge on any atom is 0.416 e. The minimum absolute atomic E-state index is 0.0610. The molecule has 3 heterocycles. The summed E-state index contributed by atoms with van der Waals surface area (Å²) in [4.78, 5) is 24.1. The number of carbonyl (C=O) groups excluding carboxylic acids is 1. The van der Waals surface area contributed by atoms with Gasteiger partial charge in [0.05, 0.1) is 12.1 Å². The summed E-state index contributed by atoms with van der Waals surface area (Å²) in [5.74, 6) is -1.18. The second-order valence-electron chi connectivity index (χ2n) is 7.86. The number of benzene rings is 1. The van der Waals surface area contributed by atoms with E-state index in [1.54, 1.807) is 9.80 Å². The number of likely N-dealkylation sites (tertiary alicyclic amines) is 1. The predicted molar refractivity (Wildman–Crippen MR) is 116 cm³/mol. The molecule has 2 aliphatic heterocycles. The molecule has 0 bridgehead atoms. The second kappa shape index (κ2) is 9.05. The Balaban J connectivity index is 1.50. The minimum atomic E-state index is -4.56. The molecule has 1 aromatic carbocycles. The van der Waals surface area contributed by atoms with Gasteiger partial charge in [-0.3, -0.25) is 4.79 Å². The van der Waals surface area contributed by atoms with E-state index in [4.69, 9.17) is 17.3 Å². The first-order valence-electron chi connectivity index (χ1n) is 10.3. The van der Waals surface area contributed by atoms with Crippen molar-refractivity contribution in [1.82, 2.24) is 14.9 Å². The lowest BCUT2D eigenvalue weighted by molar-refractivity contribution is -0.137. The zero-order valence-corrected chi connectivity index (χ0v) is 18.1. The Morgan fingerprint density at radius 2 is 1.97 bits per heavy atom. The number of halogens is 5. The van der Waals surface area contributed by atoms with Crippen molar-refractivity contribution in [3.8, 4) is 0 Å². The Labute approximate surface area is 192 Å². The van der Waals surface area contributed by atoms with E-state index in [0.29, 0.717) is 38.0 Å². The number of carbonyl (C=O) groups is 1. The maximum atomic E-state index is 14.4. The highest BCUT2D eigenvalue weighted by molar-refractivity contribution is 6.31. The summed E-state index contributed by atoms with van der Waals surface area (Å²) in [5, 5.41) is 2.82. The van der Waals surface area contributed by atoms with Crippen LogP contribution in [0.15, 0.2) is 36.3 Å². The average Bonchev–Trinajstić information content (AvgIpc) is 2.76. The summed E-state index contributed by atoms with van der Waals surface area (Å²) in [6.45, 7) is 1.18. The molecule has 0 spiro atoms. The molecule has 7 nitrogen and oxygen atoms in total. The zero-order chi connectivity index (χ0) is 23.8. The molecule has 2 aliphatic rings. The Morgan fingerprint density at radius 1 is 1.18 bits per heavy atom. The Morgan fingerprint density at radius 3 is 2.73 bits per heavy atom. The molecule has 1 fully saturated rings. The number of nitrogen functional groups attached to an aromatic ring is 1. The highest BCUT2D eigenvalue weighted by atomic mass is 35.5. The molecule has 2 aromatic rings. The first-order chi connectivity index (χ1) is 15.6. The Bertz CT molecular complexity index is 1090. The molecule has 1 unspecified atom stereocenters. The number of amides is 1. The first kappa shape index (κ1) is 23.1. The molecule has 12 heteroatoms. The van der Waals surface area contributed by atoms with Crippen LogP contribution in [0.5, 0.6) is 0 Å². The average molecular weight is 485 g/mol. The Hall–Kier alpha value is -3.08. The lowest BCUT2D eigenvalue weighted by atomic mass is 10.0. The second-order valence-corrected chi connectivity index (χ2v) is 8.29. The van der Waals surface area contributed by atoms with Crippen molar-refractivity contribution < 1.29 is 22.4 Å². The van der Waals surface area contributed by atoms with Crippen molar-refractivity contribution in [2.75, 3.05) is 35.6 Å². The number of aromatic nitrogens is 2. The number of nitrogens with zero attached hydrogens (tertiary/aromatic N) is 4. The van der Waals surface area contributed by atoms with Crippen LogP contribution in [-0.2, 0) is 11.0 Å². The van der Waals surface area contributed by atoms with Crippen LogP contribution in [0.3, 0.4) is 0 Å². The van der Waals surface area contributed by atoms with Crippen LogP contribution >= 0.6 is 11.6 Å². The number of rotatable bonds is 4. The number of alkyl halides is 3. The highest BCUT2D eigenvalue weighted by Crippen LogP contribution is 2.34. The summed E-state index contributed by atoms with van der Waals surface area (Å²) >= 11 is 5.86. The molecule has 1 amide bonds. The maximum absolute atomic E-state index is 14.4. The zero-order valence-electron chi connectivity index (χ0n) is 17.4. The van der Waals surface area contributed by atoms with Crippen molar-refractivity contribution in [1.29, 1.82) is 0 Å². The fourth-order valence-corrected chi connectivity index (χ4v) is 4.26. The molecule has 33 heavy (non-hydrogen) atoms. The van der Waals surface area contributed by atoms with Crippen LogP contribution in [-0.4, -0.2) is 46.5 Å². The number of hydrogen-bond donors (Lipinski definition) is 2. The molecular formula is C21H21ClF4N6O. The number of hydrogen-bond acceptors (Lipinski definition) is 6. The predicted octanol–water partition coefficient (Wildman–Crippen LogP) is 4.07. The minimum Gasteiger partial charge on any atom is -0.381 e. The van der Waals surface area contributed by atoms with Crippen LogP contribution in [0.2, 0.25) is 5.02 Å². The molecule has 0 radical (unpaired) electrons. The smallest absolute Gasteiger partial charge is 0.381 e. The van der Waals surface area contributed by atoms with Gasteiger partial charge in [0.2, 0.25) is 11.7 Å². The molecular weight excluding hydrogens is 464 g/mol. The normalized spacial score (nSPS) is 19.5. The topological polar surface area (TPSA) is 87.4 Å². The third-order valence-electron chi connectivity index (χ3n) is 5.58. The summed E-state index contributed by atoms with van der Waals surface area (Å²) in [6, 6.07) is 2.40. The number of anilines is 3. The number of nitrogens with one attached hydrogen (secondary N) is 1. The van der Waals surface area contributed by atoms with E-state index in [9.17, 15) is 22.4 Å². The third-order valence-corrected chi connectivity index (χ3v) is 5.80. The highest BCUT2D eigenvalue weighted by Gasteiger charge is 2.34. The fraction of sp³-hybridized carbons (Fsp3) is 0.381. The van der Waals surface area contributed by atoms with E-state index >= 15 is 0 Å². The number of nitrogens with two attached hydrogens (primary N) is 1. The molecule has 1 aromatic heterocycles. The molecule has 1 saturated heterocycles. The van der Waals surface area contributed by atoms with Gasteiger partial charge in [-0.1, -0.05) is 17.7 Å². The van der Waals surface area contributed by atoms with Crippen molar-refractivity contribution >= 4 is 34.8 Å². The molecule has 1 atom stereocenters. The monoisotopic (exact) mass is 484 g/mol. The van der Waals surface area contributed by atoms with Gasteiger partial charge in [0.15, 0.2) is 11.6 Å². The quantitative estimate of drug-likeness (QED) is 0.636. The third kappa shape index (κ3) is 4.97. The standard InChI is InChI=1S/C21H21ClF4N6O/c22-13-7-12(21(24,25)26)8-14(9-13)30-16-4-2-6-32(20(16)33)15-3-1-5-31(10-15)19-17(23)18(27)28-11-29-19/h3,7-9,11,16,30H,1-2,4-6,10H2,(H2,27,28,29). The van der Waals surface area contributed by atoms with Crippen molar-refractivity contribution in [2.45, 2.75) is 31.5 Å². The summed E-state index contributed by atoms with van der Waals surface area (Å²) in [5.41, 5.74) is 5.45. The van der Waals surface area contributed by atoms with Crippen molar-refractivity contribution in [3.05, 3.63) is 52.7 Å². The summed E-state index contributed by atoms with van der Waals surface area (Å²) in [6.07, 6.45) is 0.182. The van der Waals surface area contributed by atoms with Crippen LogP contribution in [0.4, 0.5) is 34.9 Å². The molecule has 4 rings (SSSR count). The van der Waals surface area contributed by atoms with Gasteiger partial charge in [0.25, 0.3) is 0 Å². The fourth-order valence-electron chi connectivity index (χ4n) is 4.03. The Kier molecular flexibility index (Phi) is 6.33. The molecule has 3 N–H and O–H groups in total. The summed E-state index contributed by atoms with van der Waals surface area (Å²) in [7, 11) is 0. The van der Waals surface area contributed by atoms with Gasteiger partial charge in [-0.05, 0) is 37.5 Å². The SMILES string of the molecule is Nc1ncnc(N2CCC=C(N3CCCC(Nc4cc(Cl)cc(C(F)(F)F)c4)C3=O)C2)c1F. The molecule has 176 valence electrons. The van der Waals surface area contributed by atoms with E-state index in [2.05, 4.69) is 15.3 Å². The van der Waals surface area contributed by atoms with E-state index < -0.39 is 23.6 Å². The van der Waals surface area contributed by atoms with E-state index in [-0.39, 0.29) is 34.8 Å². The number of piperidine rings is 1. The van der Waals surface area contributed by atoms with Crippen LogP contribution in [0.1, 0.15) is 24.8 Å². The van der Waals surface area contributed by atoms with Crippen LogP contribution in [0.25, 0.3) is 0 Å². The van der Waals surface area contributed by atoms with E-state index in [1.807, 2.05) is 6.08 Å². The van der Waals surface area contributed by atoms with Gasteiger partial charge in [-0.25, -0.2) is 9.97 Å². The lowest BCUT2D eigenvalue weighted by Crippen LogP contribution is -2.49. The van der Waals surface area contributed by atoms with Crippen LogP contribution < -0.4 is 16.0 Å². The van der Waals surface area contributed by atoms with Gasteiger partial charge in [-0.15, -0.1) is 0 Å². The largest absolute Gasteiger partial charge is 0.416 e. The van der Waals surface area contributed by atoms with Gasteiger partial charge in [0, 0.05) is 29.5 Å². The van der Waals surface area contributed by atoms with Crippen molar-refractivity contribution in [2.24, 2.45) is 0 Å². The van der Waals surface area contributed by atoms with E-state index in [1.165, 1.54) is 12.4 Å². The molecule has 0 aliphatic carbocycles. The first-order valence-corrected chi connectivity index (χ1v) is 10.7. The van der Waals surface area contributed by atoms with Gasteiger partial charge >= 0.3 is 6.18 Å². The molecule has 0 saturated carbocycles.